The zero-order chi connectivity index (χ0) is 9.80. The third-order valence-corrected chi connectivity index (χ3v) is 2.36. The Balaban J connectivity index is 1.98. The van der Waals surface area contributed by atoms with Crippen LogP contribution in [0.3, 0.4) is 0 Å². The molecule has 1 aromatic heterocycles. The maximum atomic E-state index is 5.53. The number of nitrogens with zero attached hydrogens (tertiary/aromatic N) is 1. The van der Waals surface area contributed by atoms with E-state index < -0.39 is 0 Å². The first-order valence-corrected chi connectivity index (χ1v) is 5.19. The molecule has 0 saturated heterocycles. The third-order valence-electron chi connectivity index (χ3n) is 1.69. The number of rotatable bonds is 3. The SMILES string of the molecule is Ic1cccc(OCc2cnoc2)c1. The van der Waals surface area contributed by atoms with E-state index in [9.17, 15) is 0 Å². The van der Waals surface area contributed by atoms with Crippen molar-refractivity contribution in [1.82, 2.24) is 5.16 Å². The molecule has 0 aliphatic heterocycles. The van der Waals surface area contributed by atoms with Crippen LogP contribution in [0.5, 0.6) is 5.75 Å². The number of aromatic nitrogens is 1. The maximum absolute atomic E-state index is 5.53. The van der Waals surface area contributed by atoms with Crippen LogP contribution in [0.15, 0.2) is 41.2 Å². The number of benzene rings is 1. The predicted octanol–water partition coefficient (Wildman–Crippen LogP) is 2.86. The van der Waals surface area contributed by atoms with Crippen molar-refractivity contribution in [2.24, 2.45) is 0 Å². The normalized spacial score (nSPS) is 10.1. The van der Waals surface area contributed by atoms with Crippen LogP contribution in [-0.2, 0) is 6.61 Å². The molecule has 0 aliphatic rings. The number of hydrogen-bond donors (Lipinski definition) is 0. The number of hydrogen-bond acceptors (Lipinski definition) is 3. The first-order chi connectivity index (χ1) is 6.84. The molecule has 0 bridgehead atoms. The van der Waals surface area contributed by atoms with Crippen LogP contribution >= 0.6 is 22.6 Å². The average Bonchev–Trinajstić information content (AvgIpc) is 2.67. The molecule has 0 fully saturated rings. The van der Waals surface area contributed by atoms with Crippen molar-refractivity contribution in [2.75, 3.05) is 0 Å². The fourth-order valence-corrected chi connectivity index (χ4v) is 1.54. The lowest BCUT2D eigenvalue weighted by atomic mass is 10.3. The lowest BCUT2D eigenvalue weighted by Gasteiger charge is -2.03. The quantitative estimate of drug-likeness (QED) is 0.818. The zero-order valence-corrected chi connectivity index (χ0v) is 9.47. The molecular weight excluding hydrogens is 293 g/mol. The summed E-state index contributed by atoms with van der Waals surface area (Å²) in [6.07, 6.45) is 3.22. The third kappa shape index (κ3) is 2.47. The summed E-state index contributed by atoms with van der Waals surface area (Å²) in [7, 11) is 0. The number of halogens is 1. The van der Waals surface area contributed by atoms with Gasteiger partial charge in [-0.05, 0) is 40.8 Å². The van der Waals surface area contributed by atoms with E-state index in [4.69, 9.17) is 9.26 Å². The molecule has 72 valence electrons. The lowest BCUT2D eigenvalue weighted by Crippen LogP contribution is -1.93. The Morgan fingerprint density at radius 1 is 1.43 bits per heavy atom. The van der Waals surface area contributed by atoms with Crippen molar-refractivity contribution in [1.29, 1.82) is 0 Å². The highest BCUT2D eigenvalue weighted by Crippen LogP contribution is 2.16. The molecule has 0 N–H and O–H groups in total. The van der Waals surface area contributed by atoms with Crippen LogP contribution in [0.1, 0.15) is 5.56 Å². The van der Waals surface area contributed by atoms with Crippen LogP contribution in [0.4, 0.5) is 0 Å². The first-order valence-electron chi connectivity index (χ1n) is 4.11. The molecule has 2 rings (SSSR count). The second kappa shape index (κ2) is 4.45. The van der Waals surface area contributed by atoms with Crippen LogP contribution < -0.4 is 4.74 Å². The Hall–Kier alpha value is -1.04. The summed E-state index contributed by atoms with van der Waals surface area (Å²) in [5.41, 5.74) is 0.934. The van der Waals surface area contributed by atoms with E-state index in [2.05, 4.69) is 27.7 Å². The van der Waals surface area contributed by atoms with Gasteiger partial charge in [0, 0.05) is 9.13 Å². The molecule has 0 saturated carbocycles. The minimum atomic E-state index is 0.490. The van der Waals surface area contributed by atoms with Gasteiger partial charge in [0.1, 0.15) is 18.6 Å². The van der Waals surface area contributed by atoms with E-state index >= 15 is 0 Å². The van der Waals surface area contributed by atoms with E-state index in [0.717, 1.165) is 14.9 Å². The molecule has 1 aromatic carbocycles. The first kappa shape index (κ1) is 9.51. The van der Waals surface area contributed by atoms with Gasteiger partial charge >= 0.3 is 0 Å². The van der Waals surface area contributed by atoms with Crippen molar-refractivity contribution in [2.45, 2.75) is 6.61 Å². The lowest BCUT2D eigenvalue weighted by molar-refractivity contribution is 0.304. The standard InChI is InChI=1S/C10H8INO2/c11-9-2-1-3-10(4-9)13-6-8-5-12-14-7-8/h1-5,7H,6H2. The van der Waals surface area contributed by atoms with E-state index in [1.165, 1.54) is 0 Å². The van der Waals surface area contributed by atoms with Crippen molar-refractivity contribution in [3.05, 3.63) is 45.9 Å². The molecule has 3 nitrogen and oxygen atoms in total. The van der Waals surface area contributed by atoms with Gasteiger partial charge in [0.05, 0.1) is 6.20 Å². The Morgan fingerprint density at radius 2 is 2.36 bits per heavy atom. The zero-order valence-electron chi connectivity index (χ0n) is 7.31. The van der Waals surface area contributed by atoms with Gasteiger partial charge in [0.2, 0.25) is 0 Å². The fraction of sp³-hybridized carbons (Fsp3) is 0.100. The summed E-state index contributed by atoms with van der Waals surface area (Å²) >= 11 is 2.25. The van der Waals surface area contributed by atoms with Crippen LogP contribution in [0.2, 0.25) is 0 Å². The highest BCUT2D eigenvalue weighted by molar-refractivity contribution is 14.1. The van der Waals surface area contributed by atoms with E-state index in [1.807, 2.05) is 24.3 Å². The Bertz CT molecular complexity index is 400. The van der Waals surface area contributed by atoms with E-state index in [-0.39, 0.29) is 0 Å². The molecule has 4 heteroatoms. The molecule has 0 aliphatic carbocycles. The number of ether oxygens (including phenoxy) is 1. The topological polar surface area (TPSA) is 35.3 Å². The van der Waals surface area contributed by atoms with E-state index in [0.29, 0.717) is 6.61 Å². The summed E-state index contributed by atoms with van der Waals surface area (Å²) in [4.78, 5) is 0. The molecule has 0 spiro atoms. The van der Waals surface area contributed by atoms with Gasteiger partial charge in [-0.3, -0.25) is 0 Å². The van der Waals surface area contributed by atoms with Gasteiger partial charge in [0.25, 0.3) is 0 Å². The van der Waals surface area contributed by atoms with Crippen molar-refractivity contribution in [3.63, 3.8) is 0 Å². The maximum Gasteiger partial charge on any atom is 0.130 e. The Labute approximate surface area is 95.2 Å². The minimum Gasteiger partial charge on any atom is -0.489 e. The van der Waals surface area contributed by atoms with Crippen LogP contribution in [-0.4, -0.2) is 5.16 Å². The Kier molecular flexibility index (Phi) is 3.03. The molecule has 2 aromatic rings. The highest BCUT2D eigenvalue weighted by Gasteiger charge is 1.97. The Morgan fingerprint density at radius 3 is 3.07 bits per heavy atom. The summed E-state index contributed by atoms with van der Waals surface area (Å²) in [5, 5.41) is 3.60. The molecular formula is C10H8INO2. The van der Waals surface area contributed by atoms with Crippen molar-refractivity contribution >= 4 is 22.6 Å². The summed E-state index contributed by atoms with van der Waals surface area (Å²) in [6, 6.07) is 7.89. The smallest absolute Gasteiger partial charge is 0.130 e. The molecule has 0 unspecified atom stereocenters. The van der Waals surface area contributed by atoms with Crippen molar-refractivity contribution in [3.8, 4) is 5.75 Å². The van der Waals surface area contributed by atoms with E-state index in [1.54, 1.807) is 12.5 Å². The molecule has 1 heterocycles. The van der Waals surface area contributed by atoms with Gasteiger partial charge in [-0.1, -0.05) is 11.2 Å². The van der Waals surface area contributed by atoms with Crippen LogP contribution in [0.25, 0.3) is 0 Å². The summed E-state index contributed by atoms with van der Waals surface area (Å²) in [5.74, 6) is 0.859. The van der Waals surface area contributed by atoms with Gasteiger partial charge in [-0.15, -0.1) is 0 Å². The monoisotopic (exact) mass is 301 g/mol. The summed E-state index contributed by atoms with van der Waals surface area (Å²) in [6.45, 7) is 0.490. The fourth-order valence-electron chi connectivity index (χ4n) is 1.02. The van der Waals surface area contributed by atoms with Crippen LogP contribution in [0, 0.1) is 3.57 Å². The van der Waals surface area contributed by atoms with Gasteiger partial charge in [0.15, 0.2) is 0 Å². The molecule has 0 radical (unpaired) electrons. The average molecular weight is 301 g/mol. The predicted molar refractivity (Wildman–Crippen MR) is 60.0 cm³/mol. The highest BCUT2D eigenvalue weighted by atomic mass is 127. The molecule has 14 heavy (non-hydrogen) atoms. The molecule has 0 atom stereocenters. The molecule has 0 amide bonds. The summed E-state index contributed by atoms with van der Waals surface area (Å²) < 4.78 is 11.4. The minimum absolute atomic E-state index is 0.490. The van der Waals surface area contributed by atoms with Gasteiger partial charge in [-0.25, -0.2) is 0 Å². The van der Waals surface area contributed by atoms with Gasteiger partial charge < -0.3 is 9.26 Å². The van der Waals surface area contributed by atoms with Crippen molar-refractivity contribution < 1.29 is 9.26 Å². The van der Waals surface area contributed by atoms with Gasteiger partial charge in [-0.2, -0.15) is 0 Å². The second-order valence-corrected chi connectivity index (χ2v) is 4.02. The second-order valence-electron chi connectivity index (χ2n) is 2.78. The largest absolute Gasteiger partial charge is 0.489 e.